The van der Waals surface area contributed by atoms with E-state index >= 15 is 33.6 Å². The first kappa shape index (κ1) is 114. The number of benzene rings is 3. The van der Waals surface area contributed by atoms with Gasteiger partial charge in [-0.05, 0) is 117 Å². The van der Waals surface area contributed by atoms with Crippen molar-refractivity contribution in [2.75, 3.05) is 99.3 Å². The Bertz CT molecular complexity index is 6090. The van der Waals surface area contributed by atoms with Crippen LogP contribution in [0.4, 0.5) is 0 Å². The molecule has 0 unspecified atom stereocenters. The lowest BCUT2D eigenvalue weighted by atomic mass is 10.0. The first-order chi connectivity index (χ1) is 72.0. The first-order valence-electron chi connectivity index (χ1n) is 49.2. The number of carbonyl (C=O) groups is 21. The number of thioether (sulfide) groups is 4. The Morgan fingerprint density at radius 3 is 1.39 bits per heavy atom. The van der Waals surface area contributed by atoms with Crippen LogP contribution in [-0.2, 0) is 126 Å². The van der Waals surface area contributed by atoms with Crippen LogP contribution in [0, 0.1) is 0 Å². The molecule has 12 rings (SSSR count). The fraction of sp³-hybridized carbons (Fsp3) is 0.490. The Balaban J connectivity index is 0.888. The van der Waals surface area contributed by atoms with Crippen molar-refractivity contribution in [3.63, 3.8) is 0 Å². The summed E-state index contributed by atoms with van der Waals surface area (Å²) in [5.74, 6) is -22.4. The van der Waals surface area contributed by atoms with Gasteiger partial charge >= 0.3 is 11.9 Å². The molecule has 23 N–H and O–H groups in total. The molecule has 5 fully saturated rings. The highest BCUT2D eigenvalue weighted by molar-refractivity contribution is 7.99. The third-order valence-corrected chi connectivity index (χ3v) is 29.8. The summed E-state index contributed by atoms with van der Waals surface area (Å²) in [5, 5.41) is 67.6. The highest BCUT2D eigenvalue weighted by atomic mass is 32.2. The van der Waals surface area contributed by atoms with Crippen LogP contribution in [0.15, 0.2) is 116 Å². The summed E-state index contributed by atoms with van der Waals surface area (Å²) in [6, 6.07) is 2.11. The van der Waals surface area contributed by atoms with Gasteiger partial charge in [-0.15, -0.1) is 0 Å². The summed E-state index contributed by atoms with van der Waals surface area (Å²) in [6.45, 7) is -2.12. The van der Waals surface area contributed by atoms with E-state index in [2.05, 4.69) is 89.1 Å². The predicted molar refractivity (Wildman–Crippen MR) is 553 cm³/mol. The maximum atomic E-state index is 15.6. The van der Waals surface area contributed by atoms with Crippen LogP contribution in [0.3, 0.4) is 0 Å². The average molecular weight is 2150 g/mol. The smallest absolute Gasteiger partial charge is 0.327 e. The van der Waals surface area contributed by atoms with E-state index in [0.29, 0.717) is 61.5 Å². The summed E-state index contributed by atoms with van der Waals surface area (Å²) in [7, 11) is 0. The number of aliphatic carboxylic acids is 2. The number of carboxylic acid groups (broad SMARTS) is 2. The molecule has 7 aromatic rings. The number of aliphatic hydroxyl groups is 1. The van der Waals surface area contributed by atoms with E-state index in [-0.39, 0.29) is 144 Å². The number of hydrogen-bond donors (Lipinski definition) is 21. The van der Waals surface area contributed by atoms with Gasteiger partial charge in [-0.2, -0.15) is 47.0 Å². The van der Waals surface area contributed by atoms with Gasteiger partial charge < -0.3 is 135 Å². The molecule has 14 atom stereocenters. The number of H-pyrrole nitrogens is 3. The predicted octanol–water partition coefficient (Wildman–Crippen LogP) is -3.19. The van der Waals surface area contributed by atoms with Crippen LogP contribution in [0.1, 0.15) is 113 Å². The van der Waals surface area contributed by atoms with Crippen molar-refractivity contribution in [2.24, 2.45) is 11.5 Å². The van der Waals surface area contributed by atoms with E-state index in [1.165, 1.54) is 56.9 Å². The van der Waals surface area contributed by atoms with Crippen molar-refractivity contribution in [3.8, 4) is 0 Å². The molecular weight excluding hydrogens is 2030 g/mol. The molecule has 4 aromatic heterocycles. The zero-order valence-corrected chi connectivity index (χ0v) is 85.8. The number of hydrogen-bond acceptors (Lipinski definition) is 28. The molecule has 0 saturated carbocycles. The minimum absolute atomic E-state index is 0.00272. The molecule has 0 spiro atoms. The fourth-order valence-electron chi connectivity index (χ4n) is 18.2. The number of aliphatic hydroxyl groups excluding tert-OH is 1. The quantitative estimate of drug-likeness (QED) is 0.0297. The lowest BCUT2D eigenvalue weighted by molar-refractivity contribution is -0.158. The second-order valence-electron chi connectivity index (χ2n) is 36.9. The first-order valence-corrected chi connectivity index (χ1v) is 54.0. The monoisotopic (exact) mass is 2150 g/mol. The number of aromatic amines is 3. The molecule has 52 heteroatoms. The van der Waals surface area contributed by atoms with Gasteiger partial charge in [0.2, 0.25) is 112 Å². The van der Waals surface area contributed by atoms with Gasteiger partial charge in [0.25, 0.3) is 0 Å². The number of carbonyl (C=O) groups excluding carboxylic acids is 19. The van der Waals surface area contributed by atoms with Gasteiger partial charge in [0.1, 0.15) is 84.6 Å². The molecule has 5 aliphatic heterocycles. The van der Waals surface area contributed by atoms with Crippen LogP contribution in [0.25, 0.3) is 32.7 Å². The minimum Gasteiger partial charge on any atom is -0.481 e. The lowest BCUT2D eigenvalue weighted by Crippen LogP contribution is -2.62. The molecule has 5 aliphatic rings. The van der Waals surface area contributed by atoms with Gasteiger partial charge in [0, 0.05) is 163 Å². The molecule has 19 amide bonds. The van der Waals surface area contributed by atoms with Crippen LogP contribution in [-0.4, -0.2) is 368 Å². The Morgan fingerprint density at radius 1 is 0.460 bits per heavy atom. The van der Waals surface area contributed by atoms with Crippen LogP contribution in [0.5, 0.6) is 0 Å². The Kier molecular flexibility index (Phi) is 42.5. The van der Waals surface area contributed by atoms with Crippen molar-refractivity contribution >= 4 is 204 Å². The molecule has 4 bridgehead atoms. The number of primary amides is 1. The highest BCUT2D eigenvalue weighted by Crippen LogP contribution is 2.29. The van der Waals surface area contributed by atoms with E-state index in [9.17, 15) is 82.4 Å². The Morgan fingerprint density at radius 2 is 0.887 bits per heavy atom. The SMILES string of the molecule is CSCC[C@@H]1NC(=O)[C@@H]2CSCCC(=O)N3CN(CN(C3)C(=O)CCSC[C@@H](NC(C)=O)C(=O)N3CCC[C@H]3C(=O)N[C@@H](Cc3ccccn3)C(=O)NCC(=O)N2)C(=O)CCSC[C@@H](C(=O)O)NC(=O)[C@H](Cc2c[nH]c3ccccc23)NC(=O)[C@H](CC(=O)O)NC(=O)[C@@H]2CCCN2C(=O)[C@H](Cc2c[nH]c3ccccc23)NC(=O)[C@H](CO)NC(=O)[C@H](Cc2c[nH]c3ccccc23)NC(=O)[C@H](CC(N)=O)NC(=O)[C@H](CCCCN)NC1=O. The summed E-state index contributed by atoms with van der Waals surface area (Å²) < 4.78 is 0. The zero-order valence-electron chi connectivity index (χ0n) is 82.6. The van der Waals surface area contributed by atoms with Crippen molar-refractivity contribution < 1.29 is 116 Å². The van der Waals surface area contributed by atoms with Crippen LogP contribution < -0.4 is 80.6 Å². The number of para-hydroxylation sites is 3. The molecule has 150 heavy (non-hydrogen) atoms. The second kappa shape index (κ2) is 55.8. The summed E-state index contributed by atoms with van der Waals surface area (Å²) in [4.78, 5) is 326. The van der Waals surface area contributed by atoms with Crippen LogP contribution >= 0.6 is 47.0 Å². The van der Waals surface area contributed by atoms with Crippen molar-refractivity contribution in [1.82, 2.24) is 114 Å². The normalized spacial score (nSPS) is 24.6. The number of unbranched alkanes of at least 4 members (excludes halogenated alkanes) is 1. The molecule has 0 radical (unpaired) electrons. The van der Waals surface area contributed by atoms with Crippen molar-refractivity contribution in [1.29, 1.82) is 0 Å². The summed E-state index contributed by atoms with van der Waals surface area (Å²) in [5.41, 5.74) is 15.1. The number of nitrogens with two attached hydrogens (primary N) is 2. The van der Waals surface area contributed by atoms with E-state index in [4.69, 9.17) is 11.5 Å². The number of nitrogens with zero attached hydrogens (tertiary/aromatic N) is 6. The van der Waals surface area contributed by atoms with E-state index < -0.39 is 260 Å². The number of carboxylic acids is 2. The zero-order chi connectivity index (χ0) is 108. The summed E-state index contributed by atoms with van der Waals surface area (Å²) in [6.07, 6.45) is 3.71. The maximum Gasteiger partial charge on any atom is 0.327 e. The van der Waals surface area contributed by atoms with E-state index in [1.807, 2.05) is 0 Å². The van der Waals surface area contributed by atoms with Gasteiger partial charge in [-0.25, -0.2) is 4.79 Å². The Hall–Kier alpha value is -14.4. The van der Waals surface area contributed by atoms with Crippen molar-refractivity contribution in [2.45, 2.75) is 201 Å². The largest absolute Gasteiger partial charge is 0.481 e. The molecule has 0 aliphatic carbocycles. The molecule has 5 saturated heterocycles. The van der Waals surface area contributed by atoms with Crippen molar-refractivity contribution in [3.05, 3.63) is 138 Å². The Labute approximate surface area is 878 Å². The number of nitrogens with one attached hydrogen (secondary N) is 16. The van der Waals surface area contributed by atoms with Gasteiger partial charge in [-0.1, -0.05) is 60.7 Å². The molecule has 806 valence electrons. The topological polar surface area (TPSA) is 704 Å². The third kappa shape index (κ3) is 32.1. The number of fused-ring (bicyclic) bond motifs is 12. The van der Waals surface area contributed by atoms with Gasteiger partial charge in [0.05, 0.1) is 46.0 Å². The molecule has 48 nitrogen and oxygen atoms in total. The number of rotatable bonds is 22. The van der Waals surface area contributed by atoms with E-state index in [1.54, 1.807) is 103 Å². The standard InChI is InChI=1S/C98H126N24O24S4/c1-54(124)106-75-49-149-35-27-82(128)119-51-118-52-120(53-119)83(129)28-36-150-50-76(98(145)146)117-89(136)68(38-56-44-103-63-20-7-4-17-60(56)63)111-91(138)71(42-84(130)131)114-95(142)77-23-13-31-121(77)96(143)72(39-57-45-104-64-21-8-5-18-61(57)64)115-92(139)73(47-123)116-88(135)67(37-55-43-102-62-19-6-3-16-59(55)62)110-90(137)70(41-79(100)125)112-86(133)65(22-9-11-29-99)108-87(134)66(25-33-147-2)109-93(140)74(48-148-34-26-81(118)127)107-80(126)46-105-85(132)69(40-58-15-10-12-30-101-58)113-94(141)78-24-14-32-122(78)97(75)144/h3-8,10,12,15-21,30,43-45,65-78,102-104,123H,9,11,13-14,22-29,31-42,46-53,99H2,1-2H3,(H2,100,125)(H,105,132)(H,106,124)(H,107,126)(H,108,134)(H,109,140)(H,110,137)(H,111,138)(H,112,133)(H,113,141)(H,114,142)(H,115,139)(H,116,135)(H,117,136)(H,130,131)(H,145,146)/t65-,66-,67-,68-,69-,70-,71-,72-,73-,74-,75+,76-,77-,78-/m0/s1. The lowest BCUT2D eigenvalue weighted by Gasteiger charge is -2.42. The van der Waals surface area contributed by atoms with Gasteiger partial charge in [-0.3, -0.25) is 101 Å². The highest BCUT2D eigenvalue weighted by Gasteiger charge is 2.45. The third-order valence-electron chi connectivity index (χ3n) is 26.0. The second-order valence-corrected chi connectivity index (χ2v) is 41.3. The molecule has 3 aromatic carbocycles. The maximum absolute atomic E-state index is 15.6. The minimum atomic E-state index is -2.03. The van der Waals surface area contributed by atoms with Gasteiger partial charge in [0.15, 0.2) is 0 Å². The fourth-order valence-corrected chi connectivity index (χ4v) is 21.5. The summed E-state index contributed by atoms with van der Waals surface area (Å²) >= 11 is 4.18. The number of pyridine rings is 1. The van der Waals surface area contributed by atoms with Crippen LogP contribution in [0.2, 0.25) is 0 Å². The number of amides is 19. The average Bonchev–Trinajstić information content (AvgIpc) is 1.65. The van der Waals surface area contributed by atoms with E-state index in [0.717, 1.165) is 40.2 Å². The molecule has 9 heterocycles. The molecular formula is C98H126N24O24S4. The number of aromatic nitrogens is 4.